The van der Waals surface area contributed by atoms with Crippen molar-refractivity contribution in [3.63, 3.8) is 0 Å². The van der Waals surface area contributed by atoms with Gasteiger partial charge in [-0.1, -0.05) is 30.3 Å². The van der Waals surface area contributed by atoms with Crippen LogP contribution in [0.2, 0.25) is 0 Å². The van der Waals surface area contributed by atoms with Crippen molar-refractivity contribution in [1.82, 2.24) is 4.90 Å². The van der Waals surface area contributed by atoms with E-state index in [2.05, 4.69) is 4.90 Å². The molecule has 0 atom stereocenters. The molecule has 3 aromatic rings. The van der Waals surface area contributed by atoms with E-state index in [1.54, 1.807) is 0 Å². The normalized spacial score (nSPS) is 16.1. The van der Waals surface area contributed by atoms with Crippen LogP contribution in [0.3, 0.4) is 0 Å². The third-order valence-corrected chi connectivity index (χ3v) is 7.25. The SMILES string of the molecule is O=C(Cc1ccc(OCCCN2CCCC2=O)c2ccccc12)c1cc(F)cc(N2CCCCC2)c1. The molecule has 188 valence electrons. The van der Waals surface area contributed by atoms with Crippen LogP contribution in [0.1, 0.15) is 54.4 Å². The second-order valence-electron chi connectivity index (χ2n) is 9.80. The zero-order chi connectivity index (χ0) is 24.9. The van der Waals surface area contributed by atoms with Gasteiger partial charge in [-0.2, -0.15) is 0 Å². The van der Waals surface area contributed by atoms with E-state index in [9.17, 15) is 14.0 Å². The molecule has 0 radical (unpaired) electrons. The van der Waals surface area contributed by atoms with Gasteiger partial charge in [0.2, 0.25) is 5.91 Å². The number of ketones is 1. The fourth-order valence-electron chi connectivity index (χ4n) is 5.34. The van der Waals surface area contributed by atoms with Crippen LogP contribution in [0.25, 0.3) is 10.8 Å². The second kappa shape index (κ2) is 11.1. The predicted molar refractivity (Wildman–Crippen MR) is 140 cm³/mol. The number of rotatable bonds is 9. The van der Waals surface area contributed by atoms with Gasteiger partial charge in [0.15, 0.2) is 5.78 Å². The molecule has 2 fully saturated rings. The molecule has 0 spiro atoms. The molecule has 2 saturated heterocycles. The highest BCUT2D eigenvalue weighted by Crippen LogP contribution is 2.30. The first-order valence-electron chi connectivity index (χ1n) is 13.1. The summed E-state index contributed by atoms with van der Waals surface area (Å²) in [5, 5.41) is 1.92. The monoisotopic (exact) mass is 488 g/mol. The molecule has 0 N–H and O–H groups in total. The third kappa shape index (κ3) is 5.53. The first kappa shape index (κ1) is 24.3. The van der Waals surface area contributed by atoms with Gasteiger partial charge in [0.1, 0.15) is 11.6 Å². The van der Waals surface area contributed by atoms with Gasteiger partial charge in [-0.15, -0.1) is 0 Å². The van der Waals surface area contributed by atoms with E-state index in [4.69, 9.17) is 4.74 Å². The number of hydrogen-bond donors (Lipinski definition) is 0. The smallest absolute Gasteiger partial charge is 0.222 e. The van der Waals surface area contributed by atoms with Crippen molar-refractivity contribution in [1.29, 1.82) is 0 Å². The van der Waals surface area contributed by atoms with E-state index in [1.165, 1.54) is 18.6 Å². The number of carbonyl (C=O) groups is 2. The first-order chi connectivity index (χ1) is 17.6. The number of Topliss-reactive ketones (excluding diaryl/α,β-unsaturated/α-hetero) is 1. The fourth-order valence-corrected chi connectivity index (χ4v) is 5.34. The Morgan fingerprint density at radius 1 is 0.917 bits per heavy atom. The van der Waals surface area contributed by atoms with Gasteiger partial charge in [-0.25, -0.2) is 4.39 Å². The van der Waals surface area contributed by atoms with Gasteiger partial charge < -0.3 is 14.5 Å². The molecule has 5 rings (SSSR count). The Hall–Kier alpha value is -3.41. The molecule has 0 bridgehead atoms. The van der Waals surface area contributed by atoms with Crippen molar-refractivity contribution in [2.75, 3.05) is 37.7 Å². The van der Waals surface area contributed by atoms with Crippen LogP contribution in [0.4, 0.5) is 10.1 Å². The van der Waals surface area contributed by atoms with Crippen LogP contribution < -0.4 is 9.64 Å². The average Bonchev–Trinajstić information content (AvgIpc) is 3.32. The summed E-state index contributed by atoms with van der Waals surface area (Å²) in [4.78, 5) is 29.1. The number of nitrogens with zero attached hydrogens (tertiary/aromatic N) is 2. The Kier molecular flexibility index (Phi) is 7.49. The van der Waals surface area contributed by atoms with Crippen LogP contribution in [-0.2, 0) is 11.2 Å². The predicted octanol–water partition coefficient (Wildman–Crippen LogP) is 5.79. The van der Waals surface area contributed by atoms with Gasteiger partial charge >= 0.3 is 0 Å². The van der Waals surface area contributed by atoms with Gasteiger partial charge in [0.05, 0.1) is 6.61 Å². The minimum absolute atomic E-state index is 0.0955. The minimum Gasteiger partial charge on any atom is -0.493 e. The molecule has 6 heteroatoms. The lowest BCUT2D eigenvalue weighted by Gasteiger charge is -2.29. The highest BCUT2D eigenvalue weighted by Gasteiger charge is 2.20. The highest BCUT2D eigenvalue weighted by atomic mass is 19.1. The summed E-state index contributed by atoms with van der Waals surface area (Å²) in [6, 6.07) is 16.5. The molecular weight excluding hydrogens is 455 g/mol. The van der Waals surface area contributed by atoms with Crippen LogP contribution >= 0.6 is 0 Å². The Morgan fingerprint density at radius 3 is 2.50 bits per heavy atom. The number of hydrogen-bond acceptors (Lipinski definition) is 4. The molecule has 2 heterocycles. The fraction of sp³-hybridized carbons (Fsp3) is 0.400. The molecule has 0 unspecified atom stereocenters. The molecule has 3 aromatic carbocycles. The molecule has 36 heavy (non-hydrogen) atoms. The van der Waals surface area contributed by atoms with Gasteiger partial charge in [0, 0.05) is 55.7 Å². The van der Waals surface area contributed by atoms with E-state index in [0.29, 0.717) is 18.6 Å². The standard InChI is InChI=1S/C30H33FN2O3/c31-24-18-23(19-25(21-24)32-13-4-1-5-14-32)28(34)20-22-11-12-29(27-9-3-2-8-26(22)27)36-17-7-16-33-15-6-10-30(33)35/h2-3,8-9,11-12,18-19,21H,1,4-7,10,13-17,20H2. The summed E-state index contributed by atoms with van der Waals surface area (Å²) in [7, 11) is 0. The lowest BCUT2D eigenvalue weighted by molar-refractivity contribution is -0.127. The van der Waals surface area contributed by atoms with E-state index in [1.807, 2.05) is 47.4 Å². The largest absolute Gasteiger partial charge is 0.493 e. The molecule has 5 nitrogen and oxygen atoms in total. The van der Waals surface area contributed by atoms with Crippen LogP contribution in [-0.4, -0.2) is 49.4 Å². The van der Waals surface area contributed by atoms with E-state index in [0.717, 1.165) is 79.6 Å². The molecule has 0 aromatic heterocycles. The molecule has 2 aliphatic heterocycles. The lowest BCUT2D eigenvalue weighted by Crippen LogP contribution is -2.29. The number of anilines is 1. The Morgan fingerprint density at radius 2 is 1.72 bits per heavy atom. The van der Waals surface area contributed by atoms with Crippen LogP contribution in [0.5, 0.6) is 5.75 Å². The number of carbonyl (C=O) groups excluding carboxylic acids is 2. The molecule has 2 aliphatic rings. The molecular formula is C30H33FN2O3. The number of ether oxygens (including phenoxy) is 1. The minimum atomic E-state index is -0.370. The summed E-state index contributed by atoms with van der Waals surface area (Å²) >= 11 is 0. The molecule has 1 amide bonds. The Balaban J connectivity index is 1.29. The Bertz CT molecular complexity index is 1250. The number of amides is 1. The third-order valence-electron chi connectivity index (χ3n) is 7.25. The van der Waals surface area contributed by atoms with Crippen molar-refractivity contribution in [2.45, 2.75) is 44.9 Å². The summed E-state index contributed by atoms with van der Waals surface area (Å²) in [6.07, 6.45) is 5.95. The van der Waals surface area contributed by atoms with Crippen molar-refractivity contribution < 1.29 is 18.7 Å². The van der Waals surface area contributed by atoms with Crippen molar-refractivity contribution >= 4 is 28.2 Å². The summed E-state index contributed by atoms with van der Waals surface area (Å²) in [6.45, 7) is 3.88. The van der Waals surface area contributed by atoms with Gasteiger partial charge in [-0.3, -0.25) is 9.59 Å². The molecule has 0 saturated carbocycles. The summed E-state index contributed by atoms with van der Waals surface area (Å²) in [5.74, 6) is 0.538. The zero-order valence-electron chi connectivity index (χ0n) is 20.7. The maximum atomic E-state index is 14.4. The highest BCUT2D eigenvalue weighted by molar-refractivity contribution is 6.01. The maximum absolute atomic E-state index is 14.4. The van der Waals surface area contributed by atoms with Crippen molar-refractivity contribution in [3.8, 4) is 5.75 Å². The van der Waals surface area contributed by atoms with E-state index >= 15 is 0 Å². The summed E-state index contributed by atoms with van der Waals surface area (Å²) in [5.41, 5.74) is 2.10. The Labute approximate surface area is 211 Å². The van der Waals surface area contributed by atoms with E-state index in [-0.39, 0.29) is 23.9 Å². The molecule has 0 aliphatic carbocycles. The van der Waals surface area contributed by atoms with Crippen molar-refractivity contribution in [3.05, 3.63) is 71.5 Å². The quantitative estimate of drug-likeness (QED) is 0.283. The maximum Gasteiger partial charge on any atom is 0.222 e. The summed E-state index contributed by atoms with van der Waals surface area (Å²) < 4.78 is 20.5. The zero-order valence-corrected chi connectivity index (χ0v) is 20.7. The lowest BCUT2D eigenvalue weighted by atomic mass is 9.96. The number of halogens is 1. The topological polar surface area (TPSA) is 49.9 Å². The number of piperidine rings is 1. The number of benzene rings is 3. The van der Waals surface area contributed by atoms with Crippen LogP contribution in [0.15, 0.2) is 54.6 Å². The van der Waals surface area contributed by atoms with Gasteiger partial charge in [-0.05, 0) is 67.3 Å². The van der Waals surface area contributed by atoms with Gasteiger partial charge in [0.25, 0.3) is 0 Å². The first-order valence-corrected chi connectivity index (χ1v) is 13.1. The second-order valence-corrected chi connectivity index (χ2v) is 9.80. The van der Waals surface area contributed by atoms with Crippen LogP contribution in [0, 0.1) is 5.82 Å². The number of fused-ring (bicyclic) bond motifs is 1. The van der Waals surface area contributed by atoms with Crippen molar-refractivity contribution in [2.24, 2.45) is 0 Å². The number of likely N-dealkylation sites (tertiary alicyclic amines) is 1. The van der Waals surface area contributed by atoms with E-state index < -0.39 is 0 Å². The average molecular weight is 489 g/mol.